The van der Waals surface area contributed by atoms with Crippen LogP contribution < -0.4 is 5.32 Å². The maximum absolute atomic E-state index is 13.1. The fourth-order valence-corrected chi connectivity index (χ4v) is 3.35. The van der Waals surface area contributed by atoms with E-state index in [0.717, 1.165) is 0 Å². The highest BCUT2D eigenvalue weighted by Crippen LogP contribution is 2.31. The molecule has 1 amide bonds. The van der Waals surface area contributed by atoms with Gasteiger partial charge < -0.3 is 9.84 Å². The van der Waals surface area contributed by atoms with Gasteiger partial charge >= 0.3 is 0 Å². The zero-order valence-corrected chi connectivity index (χ0v) is 15.1. The van der Waals surface area contributed by atoms with Crippen LogP contribution in [0.15, 0.2) is 53.1 Å². The zero-order valence-electron chi connectivity index (χ0n) is 15.1. The molecule has 0 spiro atoms. The second kappa shape index (κ2) is 7.47. The summed E-state index contributed by atoms with van der Waals surface area (Å²) >= 11 is 0. The van der Waals surface area contributed by atoms with Crippen molar-refractivity contribution in [3.63, 3.8) is 0 Å². The summed E-state index contributed by atoms with van der Waals surface area (Å²) in [7, 11) is 1.91. The number of aromatic nitrogens is 2. The van der Waals surface area contributed by atoms with Gasteiger partial charge in [-0.3, -0.25) is 9.69 Å². The molecule has 4 rings (SSSR count). The Labute approximate surface area is 160 Å². The first-order chi connectivity index (χ1) is 13.5. The third-order valence-electron chi connectivity index (χ3n) is 4.82. The van der Waals surface area contributed by atoms with Crippen LogP contribution in [0.3, 0.4) is 0 Å². The van der Waals surface area contributed by atoms with Crippen LogP contribution in [0.1, 0.15) is 28.7 Å². The third-order valence-corrected chi connectivity index (χ3v) is 4.82. The molecule has 2 atom stereocenters. The standard InChI is InChI=1S/C20H18F2N4O2/c1-26-11-16(23-19(27)13-4-8-15(22)9-5-13)10-17(26)20-24-18(25-28-20)12-2-6-14(21)7-3-12/h2-9,16-17H,10-11H2,1H3,(H,23,27)/t16-,17-/m0/s1. The van der Waals surface area contributed by atoms with Crippen molar-refractivity contribution in [1.82, 2.24) is 20.4 Å². The van der Waals surface area contributed by atoms with E-state index in [0.29, 0.717) is 35.8 Å². The summed E-state index contributed by atoms with van der Waals surface area (Å²) in [4.78, 5) is 18.8. The van der Waals surface area contributed by atoms with Gasteiger partial charge in [0, 0.05) is 23.7 Å². The number of likely N-dealkylation sites (tertiary alicyclic amines) is 1. The van der Waals surface area contributed by atoms with Crippen molar-refractivity contribution in [3.05, 3.63) is 71.6 Å². The number of nitrogens with one attached hydrogen (secondary N) is 1. The van der Waals surface area contributed by atoms with Gasteiger partial charge in [-0.25, -0.2) is 8.78 Å². The molecular formula is C20H18F2N4O2. The highest BCUT2D eigenvalue weighted by molar-refractivity contribution is 5.94. The van der Waals surface area contributed by atoms with Crippen molar-refractivity contribution in [2.45, 2.75) is 18.5 Å². The highest BCUT2D eigenvalue weighted by Gasteiger charge is 2.35. The summed E-state index contributed by atoms with van der Waals surface area (Å²) < 4.78 is 31.5. The van der Waals surface area contributed by atoms with Gasteiger partial charge in [0.15, 0.2) is 0 Å². The minimum atomic E-state index is -0.384. The van der Waals surface area contributed by atoms with E-state index < -0.39 is 0 Å². The van der Waals surface area contributed by atoms with E-state index in [4.69, 9.17) is 4.52 Å². The number of hydrogen-bond donors (Lipinski definition) is 1. The van der Waals surface area contributed by atoms with Crippen LogP contribution in [-0.2, 0) is 0 Å². The molecule has 3 aromatic rings. The third kappa shape index (κ3) is 3.77. The monoisotopic (exact) mass is 384 g/mol. The molecule has 0 bridgehead atoms. The van der Waals surface area contributed by atoms with Crippen LogP contribution in [0.25, 0.3) is 11.4 Å². The average Bonchev–Trinajstić information content (AvgIpc) is 3.29. The molecule has 0 aliphatic carbocycles. The van der Waals surface area contributed by atoms with Gasteiger partial charge in [0.05, 0.1) is 6.04 Å². The van der Waals surface area contributed by atoms with Gasteiger partial charge in [-0.2, -0.15) is 4.98 Å². The number of benzene rings is 2. The van der Waals surface area contributed by atoms with Gasteiger partial charge in [0.2, 0.25) is 11.7 Å². The summed E-state index contributed by atoms with van der Waals surface area (Å²) in [6.45, 7) is 0.617. The molecule has 0 unspecified atom stereocenters. The number of amides is 1. The molecule has 1 aliphatic rings. The van der Waals surface area contributed by atoms with Gasteiger partial charge in [0.1, 0.15) is 11.6 Å². The van der Waals surface area contributed by atoms with Crippen molar-refractivity contribution >= 4 is 5.91 Å². The largest absolute Gasteiger partial charge is 0.348 e. The molecule has 1 N–H and O–H groups in total. The summed E-state index contributed by atoms with van der Waals surface area (Å²) in [5, 5.41) is 6.93. The number of halogens is 2. The maximum Gasteiger partial charge on any atom is 0.251 e. The van der Waals surface area contributed by atoms with Crippen LogP contribution >= 0.6 is 0 Å². The zero-order chi connectivity index (χ0) is 19.7. The molecule has 2 heterocycles. The molecule has 6 nitrogen and oxygen atoms in total. The lowest BCUT2D eigenvalue weighted by Crippen LogP contribution is -2.36. The Morgan fingerprint density at radius 1 is 1.11 bits per heavy atom. The Kier molecular flexibility index (Phi) is 4.87. The number of rotatable bonds is 4. The molecule has 0 saturated carbocycles. The molecule has 2 aromatic carbocycles. The molecular weight excluding hydrogens is 366 g/mol. The van der Waals surface area contributed by atoms with Gasteiger partial charge in [-0.15, -0.1) is 0 Å². The van der Waals surface area contributed by atoms with Crippen molar-refractivity contribution in [2.75, 3.05) is 13.6 Å². The Morgan fingerprint density at radius 3 is 2.43 bits per heavy atom. The van der Waals surface area contributed by atoms with Gasteiger partial charge in [-0.05, 0) is 62.0 Å². The fourth-order valence-electron chi connectivity index (χ4n) is 3.35. The fraction of sp³-hybridized carbons (Fsp3) is 0.250. The topological polar surface area (TPSA) is 71.3 Å². The molecule has 1 saturated heterocycles. The maximum atomic E-state index is 13.1. The summed E-state index contributed by atoms with van der Waals surface area (Å²) in [5.41, 5.74) is 1.07. The second-order valence-electron chi connectivity index (χ2n) is 6.83. The van der Waals surface area contributed by atoms with Crippen LogP contribution in [0, 0.1) is 11.6 Å². The van der Waals surface area contributed by atoms with E-state index in [1.807, 2.05) is 11.9 Å². The number of carbonyl (C=O) groups excluding carboxylic acids is 1. The van der Waals surface area contributed by atoms with E-state index in [9.17, 15) is 13.6 Å². The van der Waals surface area contributed by atoms with Crippen molar-refractivity contribution in [1.29, 1.82) is 0 Å². The average molecular weight is 384 g/mol. The lowest BCUT2D eigenvalue weighted by atomic mass is 10.1. The van der Waals surface area contributed by atoms with Crippen molar-refractivity contribution in [3.8, 4) is 11.4 Å². The summed E-state index contributed by atoms with van der Waals surface area (Å²) in [6.07, 6.45) is 0.606. The molecule has 8 heteroatoms. The predicted molar refractivity (Wildman–Crippen MR) is 97.3 cm³/mol. The van der Waals surface area contributed by atoms with Crippen LogP contribution in [0.4, 0.5) is 8.78 Å². The molecule has 1 aromatic heterocycles. The van der Waals surface area contributed by atoms with E-state index in [1.54, 1.807) is 12.1 Å². The molecule has 0 radical (unpaired) electrons. The summed E-state index contributed by atoms with van der Waals surface area (Å²) in [5.74, 6) is -0.132. The molecule has 1 aliphatic heterocycles. The van der Waals surface area contributed by atoms with Crippen LogP contribution in [0.2, 0.25) is 0 Å². The van der Waals surface area contributed by atoms with E-state index in [1.165, 1.54) is 36.4 Å². The predicted octanol–water partition coefficient (Wildman–Crippen LogP) is 3.19. The normalized spacial score (nSPS) is 19.7. The van der Waals surface area contributed by atoms with Gasteiger partial charge in [0.25, 0.3) is 5.91 Å². The Hall–Kier alpha value is -3.13. The number of hydrogen-bond acceptors (Lipinski definition) is 5. The van der Waals surface area contributed by atoms with E-state index >= 15 is 0 Å². The first-order valence-electron chi connectivity index (χ1n) is 8.86. The summed E-state index contributed by atoms with van der Waals surface area (Å²) in [6, 6.07) is 11.0. The van der Waals surface area contributed by atoms with Crippen LogP contribution in [-0.4, -0.2) is 40.6 Å². The lowest BCUT2D eigenvalue weighted by molar-refractivity contribution is 0.0938. The lowest BCUT2D eigenvalue weighted by Gasteiger charge is -2.14. The van der Waals surface area contributed by atoms with Crippen molar-refractivity contribution in [2.24, 2.45) is 0 Å². The van der Waals surface area contributed by atoms with E-state index in [2.05, 4.69) is 15.5 Å². The smallest absolute Gasteiger partial charge is 0.251 e. The first-order valence-corrected chi connectivity index (χ1v) is 8.86. The first kappa shape index (κ1) is 18.2. The minimum absolute atomic E-state index is 0.103. The molecule has 144 valence electrons. The SMILES string of the molecule is CN1C[C@@H](NC(=O)c2ccc(F)cc2)C[C@H]1c1nc(-c2ccc(F)cc2)no1. The Bertz CT molecular complexity index is 973. The molecule has 1 fully saturated rings. The number of carbonyl (C=O) groups is 1. The van der Waals surface area contributed by atoms with Gasteiger partial charge in [-0.1, -0.05) is 5.16 Å². The molecule has 28 heavy (non-hydrogen) atoms. The second-order valence-corrected chi connectivity index (χ2v) is 6.83. The minimum Gasteiger partial charge on any atom is -0.348 e. The van der Waals surface area contributed by atoms with Crippen LogP contribution in [0.5, 0.6) is 0 Å². The number of likely N-dealkylation sites (N-methyl/N-ethyl adjacent to an activating group) is 1. The Balaban J connectivity index is 1.43. The number of nitrogens with zero attached hydrogens (tertiary/aromatic N) is 3. The van der Waals surface area contributed by atoms with Crippen molar-refractivity contribution < 1.29 is 18.1 Å². The Morgan fingerprint density at radius 2 is 1.75 bits per heavy atom. The highest BCUT2D eigenvalue weighted by atomic mass is 19.1. The quantitative estimate of drug-likeness (QED) is 0.748. The van der Waals surface area contributed by atoms with E-state index in [-0.39, 0.29) is 29.6 Å².